The van der Waals surface area contributed by atoms with Crippen molar-refractivity contribution in [1.29, 1.82) is 0 Å². The summed E-state index contributed by atoms with van der Waals surface area (Å²) in [5.41, 5.74) is 4.50. The molecular weight excluding hydrogens is 588 g/mol. The first kappa shape index (κ1) is 36.3. The fraction of sp³-hybridized carbons (Fsp3) is 0.528. The highest BCUT2D eigenvalue weighted by atomic mass is 16.6. The first-order valence-electron chi connectivity index (χ1n) is 16.4. The Balaban J connectivity index is 1.39. The van der Waals surface area contributed by atoms with Crippen LogP contribution in [0.1, 0.15) is 95.6 Å². The quantitative estimate of drug-likeness (QED) is 0.0956. The Kier molecular flexibility index (Phi) is 15.2. The smallest absolute Gasteiger partial charge is 0.407 e. The predicted molar refractivity (Wildman–Crippen MR) is 174 cm³/mol. The van der Waals surface area contributed by atoms with Gasteiger partial charge in [-0.3, -0.25) is 9.59 Å². The van der Waals surface area contributed by atoms with Crippen LogP contribution >= 0.6 is 0 Å². The number of amides is 2. The third-order valence-corrected chi connectivity index (χ3v) is 8.28. The van der Waals surface area contributed by atoms with Gasteiger partial charge in [-0.1, -0.05) is 75.2 Å². The highest BCUT2D eigenvalue weighted by Crippen LogP contribution is 2.44. The van der Waals surface area contributed by atoms with Gasteiger partial charge in [-0.2, -0.15) is 0 Å². The molecule has 2 unspecified atom stereocenters. The van der Waals surface area contributed by atoms with Gasteiger partial charge in [-0.05, 0) is 54.4 Å². The summed E-state index contributed by atoms with van der Waals surface area (Å²) < 4.78 is 16.5. The molecule has 2 atom stereocenters. The van der Waals surface area contributed by atoms with Crippen LogP contribution in [0.15, 0.2) is 48.5 Å². The fourth-order valence-corrected chi connectivity index (χ4v) is 5.46. The third kappa shape index (κ3) is 11.9. The molecule has 10 nitrogen and oxygen atoms in total. The lowest BCUT2D eigenvalue weighted by Gasteiger charge is -2.19. The number of hydrogen-bond acceptors (Lipinski definition) is 8. The highest BCUT2D eigenvalue weighted by Gasteiger charge is 2.29. The third-order valence-electron chi connectivity index (χ3n) is 8.28. The maximum atomic E-state index is 12.7. The van der Waals surface area contributed by atoms with Crippen LogP contribution in [0, 0.1) is 5.92 Å². The number of unbranched alkanes of at least 4 members (excludes halogenated alkanes) is 1. The van der Waals surface area contributed by atoms with Gasteiger partial charge in [0.25, 0.3) is 0 Å². The van der Waals surface area contributed by atoms with Gasteiger partial charge in [0.2, 0.25) is 0 Å². The van der Waals surface area contributed by atoms with Crippen LogP contribution in [-0.4, -0.2) is 62.1 Å². The van der Waals surface area contributed by atoms with E-state index in [0.717, 1.165) is 41.5 Å². The van der Waals surface area contributed by atoms with Gasteiger partial charge < -0.3 is 29.6 Å². The van der Waals surface area contributed by atoms with Crippen molar-refractivity contribution in [1.82, 2.24) is 10.6 Å². The monoisotopic (exact) mass is 636 g/mol. The number of benzene rings is 2. The molecule has 2 aromatic rings. The van der Waals surface area contributed by atoms with E-state index in [1.54, 1.807) is 6.92 Å². The van der Waals surface area contributed by atoms with E-state index in [9.17, 15) is 24.0 Å². The minimum Gasteiger partial charge on any atom is -0.465 e. The van der Waals surface area contributed by atoms with Crippen molar-refractivity contribution >= 4 is 29.7 Å². The van der Waals surface area contributed by atoms with Crippen molar-refractivity contribution in [2.45, 2.75) is 90.6 Å². The van der Waals surface area contributed by atoms with Crippen molar-refractivity contribution in [2.75, 3.05) is 26.3 Å². The topological polar surface area (TPSA) is 137 Å². The fourth-order valence-electron chi connectivity index (χ4n) is 5.46. The molecule has 1 aliphatic carbocycles. The van der Waals surface area contributed by atoms with E-state index < -0.39 is 18.3 Å². The molecule has 0 heterocycles. The number of carbonyl (C=O) groups excluding carboxylic acids is 5. The SMILES string of the molecule is CCC(=O)CCC(CNC(=O)OCC1c2ccccc2-c2ccccc21)OC(=O)NCCCCC(CC)COC(=O)CCC(C)=O. The number of esters is 1. The van der Waals surface area contributed by atoms with E-state index in [0.29, 0.717) is 26.0 Å². The molecule has 0 aromatic heterocycles. The number of alkyl carbamates (subject to hydrolysis) is 2. The second-order valence-electron chi connectivity index (χ2n) is 11.7. The Bertz CT molecular complexity index is 1280. The van der Waals surface area contributed by atoms with Gasteiger partial charge in [0.1, 0.15) is 24.3 Å². The average Bonchev–Trinajstić information content (AvgIpc) is 3.38. The number of fused-ring (bicyclic) bond motifs is 3. The summed E-state index contributed by atoms with van der Waals surface area (Å²) in [7, 11) is 0. The van der Waals surface area contributed by atoms with Gasteiger partial charge in [0.15, 0.2) is 0 Å². The van der Waals surface area contributed by atoms with Crippen molar-refractivity contribution < 1.29 is 38.2 Å². The lowest BCUT2D eigenvalue weighted by molar-refractivity contribution is -0.146. The summed E-state index contributed by atoms with van der Waals surface area (Å²) in [6.45, 7) is 6.16. The van der Waals surface area contributed by atoms with E-state index in [-0.39, 0.29) is 68.2 Å². The van der Waals surface area contributed by atoms with Gasteiger partial charge in [0, 0.05) is 31.7 Å². The first-order chi connectivity index (χ1) is 22.2. The number of Topliss-reactive ketones (excluding diaryl/α,β-unsaturated/α-hetero) is 2. The van der Waals surface area contributed by atoms with Crippen molar-refractivity contribution in [2.24, 2.45) is 5.92 Å². The normalized spacial score (nSPS) is 13.1. The zero-order chi connectivity index (χ0) is 33.3. The number of carbonyl (C=O) groups is 5. The molecule has 250 valence electrons. The Morgan fingerprint density at radius 2 is 1.46 bits per heavy atom. The number of ether oxygens (including phenoxy) is 3. The Hall–Kier alpha value is -4.21. The van der Waals surface area contributed by atoms with E-state index in [1.807, 2.05) is 43.3 Å². The summed E-state index contributed by atoms with van der Waals surface area (Å²) in [5.74, 6) is -0.217. The van der Waals surface area contributed by atoms with Crippen LogP contribution in [0.5, 0.6) is 0 Å². The molecule has 0 spiro atoms. The molecule has 2 N–H and O–H groups in total. The molecule has 0 saturated carbocycles. The van der Waals surface area contributed by atoms with E-state index >= 15 is 0 Å². The van der Waals surface area contributed by atoms with Gasteiger partial charge in [0.05, 0.1) is 19.6 Å². The predicted octanol–water partition coefficient (Wildman–Crippen LogP) is 6.49. The molecular formula is C36H48N2O8. The van der Waals surface area contributed by atoms with Crippen LogP contribution in [-0.2, 0) is 28.6 Å². The van der Waals surface area contributed by atoms with E-state index in [4.69, 9.17) is 14.2 Å². The van der Waals surface area contributed by atoms with E-state index in [1.165, 1.54) is 6.92 Å². The van der Waals surface area contributed by atoms with Gasteiger partial charge >= 0.3 is 18.2 Å². The zero-order valence-electron chi connectivity index (χ0n) is 27.3. The minimum absolute atomic E-state index is 0.0183. The molecule has 2 amide bonds. The number of ketones is 2. The standard InChI is InChI=1S/C36H48N2O8/c1-4-26(23-44-34(41)20-17-25(3)39)12-10-11-21-37-36(43)46-28(19-18-27(40)5-2)22-38-35(42)45-24-33-31-15-8-6-13-29(31)30-14-7-9-16-32(30)33/h6-9,13-16,26,28,33H,4-5,10-12,17-24H2,1-3H3,(H,37,43)(H,38,42). The summed E-state index contributed by atoms with van der Waals surface area (Å²) in [6, 6.07) is 16.2. The molecule has 46 heavy (non-hydrogen) atoms. The zero-order valence-corrected chi connectivity index (χ0v) is 27.3. The minimum atomic E-state index is -0.696. The van der Waals surface area contributed by atoms with Crippen molar-refractivity contribution in [3.63, 3.8) is 0 Å². The number of hydrogen-bond donors (Lipinski definition) is 2. The lowest BCUT2D eigenvalue weighted by atomic mass is 9.98. The second-order valence-corrected chi connectivity index (χ2v) is 11.7. The van der Waals surface area contributed by atoms with Gasteiger partial charge in [-0.25, -0.2) is 9.59 Å². The summed E-state index contributed by atoms with van der Waals surface area (Å²) in [5, 5.41) is 5.45. The molecule has 0 aliphatic heterocycles. The largest absolute Gasteiger partial charge is 0.465 e. The van der Waals surface area contributed by atoms with E-state index in [2.05, 4.69) is 22.8 Å². The van der Waals surface area contributed by atoms with Gasteiger partial charge in [-0.15, -0.1) is 0 Å². The van der Waals surface area contributed by atoms with Crippen LogP contribution in [0.2, 0.25) is 0 Å². The molecule has 10 heteroatoms. The Morgan fingerprint density at radius 3 is 2.09 bits per heavy atom. The Labute approximate surface area is 271 Å². The molecule has 0 saturated heterocycles. The number of nitrogens with one attached hydrogen (secondary N) is 2. The maximum Gasteiger partial charge on any atom is 0.407 e. The lowest BCUT2D eigenvalue weighted by Crippen LogP contribution is -2.38. The van der Waals surface area contributed by atoms with Crippen molar-refractivity contribution in [3.8, 4) is 11.1 Å². The van der Waals surface area contributed by atoms with Crippen LogP contribution in [0.25, 0.3) is 11.1 Å². The van der Waals surface area contributed by atoms with Crippen LogP contribution in [0.3, 0.4) is 0 Å². The molecule has 0 fully saturated rings. The number of rotatable bonds is 20. The molecule has 3 rings (SSSR count). The molecule has 1 aliphatic rings. The Morgan fingerprint density at radius 1 is 0.783 bits per heavy atom. The maximum absolute atomic E-state index is 12.7. The first-order valence-corrected chi connectivity index (χ1v) is 16.4. The summed E-state index contributed by atoms with van der Waals surface area (Å²) in [4.78, 5) is 60.0. The second kappa shape index (κ2) is 19.3. The molecule has 0 bridgehead atoms. The summed E-state index contributed by atoms with van der Waals surface area (Å²) in [6.07, 6.45) is 2.48. The average molecular weight is 637 g/mol. The highest BCUT2D eigenvalue weighted by molar-refractivity contribution is 5.81. The van der Waals surface area contributed by atoms with Crippen LogP contribution < -0.4 is 10.6 Å². The summed E-state index contributed by atoms with van der Waals surface area (Å²) >= 11 is 0. The van der Waals surface area contributed by atoms with Crippen molar-refractivity contribution in [3.05, 3.63) is 59.7 Å². The van der Waals surface area contributed by atoms with Crippen LogP contribution in [0.4, 0.5) is 9.59 Å². The molecule has 2 aromatic carbocycles. The molecule has 0 radical (unpaired) electrons.